The summed E-state index contributed by atoms with van der Waals surface area (Å²) in [5, 5.41) is 17.5. The first kappa shape index (κ1) is 22.2. The second-order valence-corrected chi connectivity index (χ2v) is 6.81. The van der Waals surface area contributed by atoms with E-state index < -0.39 is 14.3 Å². The van der Waals surface area contributed by atoms with Gasteiger partial charge in [0, 0.05) is 19.8 Å². The third-order valence-electron chi connectivity index (χ3n) is 2.08. The molecule has 0 aromatic rings. The maximum absolute atomic E-state index is 9.65. The molecule has 4 N–H and O–H groups in total. The Bertz CT molecular complexity index is 138. The van der Waals surface area contributed by atoms with E-state index in [1.807, 2.05) is 34.2 Å². The van der Waals surface area contributed by atoms with Crippen LogP contribution in [0.1, 0.15) is 40.5 Å². The van der Waals surface area contributed by atoms with Gasteiger partial charge in [0.15, 0.2) is 0 Å². The van der Waals surface area contributed by atoms with E-state index in [4.69, 9.17) is 14.0 Å². The molecule has 1 atom stereocenters. The van der Waals surface area contributed by atoms with Crippen LogP contribution in [0.2, 0.25) is 6.55 Å². The standard InChI is InChI=1S/C8H20O3Si.C3H8O.H2O/c1-5-8(9)12(4,10-6-2)11-7-3;1-2-3-4;/h8-9H,5-7H2,1-4H3;4H,2-3H2,1H3;1H2. The fraction of sp³-hybridized carbons (Fsp3) is 1.00. The topological polar surface area (TPSA) is 90.4 Å². The Morgan fingerprint density at radius 1 is 1.06 bits per heavy atom. The minimum Gasteiger partial charge on any atom is -0.412 e. The Morgan fingerprint density at radius 3 is 1.59 bits per heavy atom. The zero-order chi connectivity index (χ0) is 13.0. The van der Waals surface area contributed by atoms with E-state index in [9.17, 15) is 5.11 Å². The van der Waals surface area contributed by atoms with Crippen LogP contribution >= 0.6 is 0 Å². The first-order chi connectivity index (χ1) is 7.52. The lowest BCUT2D eigenvalue weighted by Crippen LogP contribution is -2.50. The molecule has 0 radical (unpaired) electrons. The molecule has 0 fully saturated rings. The molecule has 0 aromatic heterocycles. The van der Waals surface area contributed by atoms with Gasteiger partial charge in [0.25, 0.3) is 0 Å². The van der Waals surface area contributed by atoms with Crippen molar-refractivity contribution < 1.29 is 24.5 Å². The molecule has 0 aliphatic heterocycles. The van der Waals surface area contributed by atoms with E-state index in [1.165, 1.54) is 0 Å². The van der Waals surface area contributed by atoms with Crippen LogP contribution in [0.5, 0.6) is 0 Å². The largest absolute Gasteiger partial charge is 0.412 e. The van der Waals surface area contributed by atoms with Gasteiger partial charge in [-0.1, -0.05) is 13.8 Å². The van der Waals surface area contributed by atoms with Gasteiger partial charge in [-0.3, -0.25) is 0 Å². The van der Waals surface area contributed by atoms with E-state index in [2.05, 4.69) is 0 Å². The first-order valence-electron chi connectivity index (χ1n) is 6.09. The van der Waals surface area contributed by atoms with Gasteiger partial charge in [0.2, 0.25) is 0 Å². The maximum Gasteiger partial charge on any atom is 0.364 e. The van der Waals surface area contributed by atoms with Gasteiger partial charge in [-0.15, -0.1) is 0 Å². The molecule has 0 amide bonds. The Morgan fingerprint density at radius 2 is 1.41 bits per heavy atom. The van der Waals surface area contributed by atoms with Crippen LogP contribution in [-0.2, 0) is 8.85 Å². The van der Waals surface area contributed by atoms with Crippen molar-refractivity contribution in [3.63, 3.8) is 0 Å². The average Bonchev–Trinajstić information content (AvgIpc) is 2.29. The van der Waals surface area contributed by atoms with Crippen molar-refractivity contribution in [3.8, 4) is 0 Å². The third kappa shape index (κ3) is 10.9. The molecule has 0 aliphatic rings. The summed E-state index contributed by atoms with van der Waals surface area (Å²) in [5.41, 5.74) is -0.419. The lowest BCUT2D eigenvalue weighted by Gasteiger charge is -2.29. The van der Waals surface area contributed by atoms with Crippen molar-refractivity contribution >= 4 is 8.56 Å². The quantitative estimate of drug-likeness (QED) is 0.675. The monoisotopic (exact) mass is 270 g/mol. The van der Waals surface area contributed by atoms with Gasteiger partial charge in [-0.2, -0.15) is 0 Å². The molecule has 108 valence electrons. The molecule has 0 bridgehead atoms. The number of aliphatic hydroxyl groups excluding tert-OH is 2. The van der Waals surface area contributed by atoms with Gasteiger partial charge >= 0.3 is 8.56 Å². The zero-order valence-corrected chi connectivity index (χ0v) is 12.8. The molecule has 6 heteroatoms. The van der Waals surface area contributed by atoms with E-state index in [-0.39, 0.29) is 5.48 Å². The Hall–Kier alpha value is 0.0169. The van der Waals surface area contributed by atoms with Crippen molar-refractivity contribution in [3.05, 3.63) is 0 Å². The van der Waals surface area contributed by atoms with Crippen LogP contribution < -0.4 is 0 Å². The van der Waals surface area contributed by atoms with Crippen LogP contribution in [0.4, 0.5) is 0 Å². The van der Waals surface area contributed by atoms with Crippen LogP contribution in [-0.4, -0.2) is 49.8 Å². The predicted octanol–water partition coefficient (Wildman–Crippen LogP) is 1.01. The molecular formula is C11H30O5Si. The first-order valence-corrected chi connectivity index (χ1v) is 8.48. The number of rotatable bonds is 7. The van der Waals surface area contributed by atoms with Crippen molar-refractivity contribution in [2.45, 2.75) is 52.8 Å². The predicted molar refractivity (Wildman–Crippen MR) is 72.2 cm³/mol. The van der Waals surface area contributed by atoms with Crippen molar-refractivity contribution in [2.24, 2.45) is 0 Å². The molecule has 5 nitrogen and oxygen atoms in total. The normalized spacial score (nSPS) is 12.2. The smallest absolute Gasteiger partial charge is 0.364 e. The molecular weight excluding hydrogens is 240 g/mol. The zero-order valence-electron chi connectivity index (χ0n) is 11.8. The molecule has 0 heterocycles. The molecule has 17 heavy (non-hydrogen) atoms. The summed E-state index contributed by atoms with van der Waals surface area (Å²) in [5.74, 6) is 0. The molecule has 0 aliphatic carbocycles. The highest BCUT2D eigenvalue weighted by atomic mass is 28.4. The highest BCUT2D eigenvalue weighted by Gasteiger charge is 2.38. The van der Waals surface area contributed by atoms with Crippen LogP contribution in [0.15, 0.2) is 0 Å². The summed E-state index contributed by atoms with van der Waals surface area (Å²) in [6, 6.07) is 0. The SMILES string of the molecule is CCCO.CCO[Si](C)(OCC)C(O)CC.O. The maximum atomic E-state index is 9.65. The number of aliphatic hydroxyl groups is 2. The summed E-state index contributed by atoms with van der Waals surface area (Å²) in [6.45, 7) is 11.2. The van der Waals surface area contributed by atoms with E-state index in [0.717, 1.165) is 6.42 Å². The second kappa shape index (κ2) is 14.1. The summed E-state index contributed by atoms with van der Waals surface area (Å²) in [6.07, 6.45) is 1.57. The molecule has 0 saturated heterocycles. The summed E-state index contributed by atoms with van der Waals surface area (Å²) < 4.78 is 11.0. The number of hydrogen-bond donors (Lipinski definition) is 2. The fourth-order valence-corrected chi connectivity index (χ4v) is 3.53. The van der Waals surface area contributed by atoms with E-state index in [0.29, 0.717) is 26.2 Å². The van der Waals surface area contributed by atoms with Crippen LogP contribution in [0.3, 0.4) is 0 Å². The van der Waals surface area contributed by atoms with Gasteiger partial charge in [-0.05, 0) is 33.2 Å². The number of hydrogen-bond acceptors (Lipinski definition) is 4. The second-order valence-electron chi connectivity index (χ2n) is 3.53. The summed E-state index contributed by atoms with van der Waals surface area (Å²) >= 11 is 0. The molecule has 1 unspecified atom stereocenters. The minimum atomic E-state index is -2.30. The van der Waals surface area contributed by atoms with Gasteiger partial charge in [-0.25, -0.2) is 0 Å². The lowest BCUT2D eigenvalue weighted by atomic mass is 10.5. The van der Waals surface area contributed by atoms with Crippen molar-refractivity contribution in [1.82, 2.24) is 0 Å². The Balaban J connectivity index is -0.000000340. The van der Waals surface area contributed by atoms with Gasteiger partial charge in [0.1, 0.15) is 0 Å². The Kier molecular flexibility index (Phi) is 18.4. The van der Waals surface area contributed by atoms with Crippen molar-refractivity contribution in [2.75, 3.05) is 19.8 Å². The third-order valence-corrected chi connectivity index (χ3v) is 5.42. The van der Waals surface area contributed by atoms with Crippen LogP contribution in [0.25, 0.3) is 0 Å². The lowest BCUT2D eigenvalue weighted by molar-refractivity contribution is 0.114. The fourth-order valence-electron chi connectivity index (χ4n) is 1.18. The van der Waals surface area contributed by atoms with E-state index in [1.54, 1.807) is 0 Å². The van der Waals surface area contributed by atoms with Gasteiger partial charge in [0.05, 0.1) is 5.73 Å². The molecule has 0 spiro atoms. The average molecular weight is 270 g/mol. The van der Waals surface area contributed by atoms with E-state index >= 15 is 0 Å². The molecule has 0 aromatic carbocycles. The summed E-state index contributed by atoms with van der Waals surface area (Å²) in [4.78, 5) is 0. The molecule has 0 rings (SSSR count). The summed E-state index contributed by atoms with van der Waals surface area (Å²) in [7, 11) is -2.30. The Labute approximate surface area is 106 Å². The highest BCUT2D eigenvalue weighted by molar-refractivity contribution is 6.67. The van der Waals surface area contributed by atoms with Crippen LogP contribution in [0, 0.1) is 0 Å². The van der Waals surface area contributed by atoms with Gasteiger partial charge < -0.3 is 24.5 Å². The molecule has 0 saturated carbocycles. The van der Waals surface area contributed by atoms with Crippen molar-refractivity contribution in [1.29, 1.82) is 0 Å². The minimum absolute atomic E-state index is 0. The highest BCUT2D eigenvalue weighted by Crippen LogP contribution is 2.14.